The molecule has 0 aliphatic rings. The molecule has 0 bridgehead atoms. The van der Waals surface area contributed by atoms with E-state index in [1.165, 1.54) is 32.1 Å². The largest absolute Gasteiger partial charge is 0.478 e. The Morgan fingerprint density at radius 1 is 1.18 bits per heavy atom. The molecule has 0 aromatic carbocycles. The molecule has 0 spiro atoms. The zero-order chi connectivity index (χ0) is 12.5. The van der Waals surface area contributed by atoms with Gasteiger partial charge in [-0.05, 0) is 6.42 Å². The second-order valence-electron chi connectivity index (χ2n) is 4.00. The molecular weight excluding hydrogens is 238 g/mol. The first-order valence-electron chi connectivity index (χ1n) is 6.15. The van der Waals surface area contributed by atoms with E-state index in [-0.39, 0.29) is 5.95 Å². The maximum Gasteiger partial charge on any atom is 0.224 e. The van der Waals surface area contributed by atoms with Crippen molar-refractivity contribution in [3.63, 3.8) is 0 Å². The van der Waals surface area contributed by atoms with Crippen molar-refractivity contribution < 1.29 is 4.74 Å². The van der Waals surface area contributed by atoms with E-state index in [9.17, 15) is 0 Å². The van der Waals surface area contributed by atoms with Crippen LogP contribution in [0.25, 0.3) is 0 Å². The molecule has 17 heavy (non-hydrogen) atoms. The van der Waals surface area contributed by atoms with Gasteiger partial charge in [0.25, 0.3) is 0 Å². The number of nitrogen functional groups attached to an aromatic ring is 1. The molecule has 0 atom stereocenters. The van der Waals surface area contributed by atoms with Gasteiger partial charge in [-0.15, -0.1) is 0 Å². The van der Waals surface area contributed by atoms with Crippen molar-refractivity contribution in [2.45, 2.75) is 45.4 Å². The molecule has 1 aromatic rings. The molecule has 0 amide bonds. The van der Waals surface area contributed by atoms with Crippen molar-refractivity contribution in [2.75, 3.05) is 12.3 Å². The van der Waals surface area contributed by atoms with Crippen molar-refractivity contribution in [1.29, 1.82) is 0 Å². The lowest BCUT2D eigenvalue weighted by Gasteiger charge is -2.05. The fraction of sp³-hybridized carbons (Fsp3) is 0.667. The highest BCUT2D eigenvalue weighted by Crippen LogP contribution is 2.15. The van der Waals surface area contributed by atoms with E-state index in [0.29, 0.717) is 17.6 Å². The third-order valence-corrected chi connectivity index (χ3v) is 2.63. The van der Waals surface area contributed by atoms with Gasteiger partial charge in [-0.1, -0.05) is 50.6 Å². The number of aromatic nitrogens is 2. The van der Waals surface area contributed by atoms with E-state index in [0.717, 1.165) is 6.42 Å². The third-order valence-electron chi connectivity index (χ3n) is 2.44. The lowest BCUT2D eigenvalue weighted by atomic mass is 10.1. The van der Waals surface area contributed by atoms with E-state index in [1.807, 2.05) is 0 Å². The number of nitrogens with zero attached hydrogens (tertiary/aromatic N) is 2. The van der Waals surface area contributed by atoms with E-state index < -0.39 is 0 Å². The van der Waals surface area contributed by atoms with Crippen molar-refractivity contribution in [3.8, 4) is 5.88 Å². The molecule has 1 aromatic heterocycles. The van der Waals surface area contributed by atoms with Gasteiger partial charge < -0.3 is 10.5 Å². The average molecular weight is 258 g/mol. The Balaban J connectivity index is 2.13. The molecule has 0 saturated carbocycles. The molecule has 0 radical (unpaired) electrons. The Morgan fingerprint density at radius 3 is 2.59 bits per heavy atom. The summed E-state index contributed by atoms with van der Waals surface area (Å²) in [6, 6.07) is 1.58. The summed E-state index contributed by atoms with van der Waals surface area (Å²) in [4.78, 5) is 7.71. The second kappa shape index (κ2) is 8.12. The zero-order valence-electron chi connectivity index (χ0n) is 10.3. The Morgan fingerprint density at radius 2 is 1.88 bits per heavy atom. The minimum absolute atomic E-state index is 0.149. The first kappa shape index (κ1) is 14.0. The predicted octanol–water partition coefficient (Wildman–Crippen LogP) is 3.45. The van der Waals surface area contributed by atoms with Gasteiger partial charge in [0.1, 0.15) is 5.15 Å². The number of hydrogen-bond donors (Lipinski definition) is 1. The maximum absolute atomic E-state index is 5.74. The van der Waals surface area contributed by atoms with Gasteiger partial charge in [0, 0.05) is 6.07 Å². The lowest BCUT2D eigenvalue weighted by Crippen LogP contribution is -2.02. The number of rotatable bonds is 8. The van der Waals surface area contributed by atoms with Gasteiger partial charge in [0.15, 0.2) is 0 Å². The van der Waals surface area contributed by atoms with Gasteiger partial charge in [0.2, 0.25) is 11.8 Å². The maximum atomic E-state index is 5.74. The van der Waals surface area contributed by atoms with Crippen molar-refractivity contribution in [2.24, 2.45) is 0 Å². The van der Waals surface area contributed by atoms with Crippen molar-refractivity contribution in [1.82, 2.24) is 9.97 Å². The number of unbranched alkanes of at least 4 members (excludes halogenated alkanes) is 5. The van der Waals surface area contributed by atoms with Crippen molar-refractivity contribution >= 4 is 17.5 Å². The van der Waals surface area contributed by atoms with Gasteiger partial charge in [-0.3, -0.25) is 0 Å². The van der Waals surface area contributed by atoms with Crippen LogP contribution >= 0.6 is 11.6 Å². The van der Waals surface area contributed by atoms with Crippen LogP contribution in [0.3, 0.4) is 0 Å². The molecule has 0 saturated heterocycles. The van der Waals surface area contributed by atoms with Gasteiger partial charge >= 0.3 is 0 Å². The van der Waals surface area contributed by atoms with Gasteiger partial charge in [0.05, 0.1) is 6.61 Å². The Hall–Kier alpha value is -1.03. The van der Waals surface area contributed by atoms with Crippen LogP contribution in [0.1, 0.15) is 45.4 Å². The smallest absolute Gasteiger partial charge is 0.224 e. The van der Waals surface area contributed by atoms with Crippen LogP contribution in [0.2, 0.25) is 5.15 Å². The van der Waals surface area contributed by atoms with Crippen LogP contribution < -0.4 is 10.5 Å². The Kier molecular flexibility index (Phi) is 6.70. The summed E-state index contributed by atoms with van der Waals surface area (Å²) in [6.45, 7) is 2.87. The van der Waals surface area contributed by atoms with Crippen LogP contribution in [0, 0.1) is 0 Å². The summed E-state index contributed by atoms with van der Waals surface area (Å²) in [7, 11) is 0. The van der Waals surface area contributed by atoms with Gasteiger partial charge in [-0.2, -0.15) is 4.98 Å². The molecule has 0 unspecified atom stereocenters. The van der Waals surface area contributed by atoms with Crippen LogP contribution in [0.15, 0.2) is 6.07 Å². The van der Waals surface area contributed by atoms with Gasteiger partial charge in [-0.25, -0.2) is 4.98 Å². The summed E-state index contributed by atoms with van der Waals surface area (Å²) in [5.74, 6) is 0.603. The number of halogens is 1. The Labute approximate surface area is 108 Å². The molecule has 0 fully saturated rings. The summed E-state index contributed by atoms with van der Waals surface area (Å²) in [5, 5.41) is 0.315. The minimum atomic E-state index is 0.149. The van der Waals surface area contributed by atoms with Crippen LogP contribution in [0.4, 0.5) is 5.95 Å². The van der Waals surface area contributed by atoms with Crippen LogP contribution in [0.5, 0.6) is 5.88 Å². The van der Waals surface area contributed by atoms with Crippen LogP contribution in [-0.2, 0) is 0 Å². The van der Waals surface area contributed by atoms with E-state index in [1.54, 1.807) is 6.07 Å². The average Bonchev–Trinajstić information content (AvgIpc) is 2.26. The van der Waals surface area contributed by atoms with E-state index >= 15 is 0 Å². The molecule has 5 heteroatoms. The fourth-order valence-corrected chi connectivity index (χ4v) is 1.73. The monoisotopic (exact) mass is 257 g/mol. The molecule has 4 nitrogen and oxygen atoms in total. The van der Waals surface area contributed by atoms with E-state index in [2.05, 4.69) is 16.9 Å². The summed E-state index contributed by atoms with van der Waals surface area (Å²) in [5.41, 5.74) is 5.46. The molecule has 0 aliphatic carbocycles. The number of nitrogens with two attached hydrogens (primary N) is 1. The lowest BCUT2D eigenvalue weighted by molar-refractivity contribution is 0.293. The topological polar surface area (TPSA) is 61.0 Å². The number of anilines is 1. The molecule has 1 heterocycles. The highest BCUT2D eigenvalue weighted by molar-refractivity contribution is 6.29. The first-order chi connectivity index (χ1) is 8.22. The zero-order valence-corrected chi connectivity index (χ0v) is 11.0. The normalized spacial score (nSPS) is 10.5. The summed E-state index contributed by atoms with van der Waals surface area (Å²) < 4.78 is 5.46. The second-order valence-corrected chi connectivity index (χ2v) is 4.39. The highest BCUT2D eigenvalue weighted by atomic mass is 35.5. The standard InChI is InChI=1S/C12H20ClN3O/c1-2-3-4-5-6-7-8-17-11-9-10(13)15-12(14)16-11/h9H,2-8H2,1H3,(H2,14,15,16). The quantitative estimate of drug-likeness (QED) is 0.572. The first-order valence-corrected chi connectivity index (χ1v) is 6.53. The fourth-order valence-electron chi connectivity index (χ4n) is 1.55. The number of hydrogen-bond acceptors (Lipinski definition) is 4. The highest BCUT2D eigenvalue weighted by Gasteiger charge is 2.01. The predicted molar refractivity (Wildman–Crippen MR) is 70.3 cm³/mol. The summed E-state index contributed by atoms with van der Waals surface area (Å²) in [6.07, 6.45) is 7.39. The molecule has 2 N–H and O–H groups in total. The molecule has 96 valence electrons. The molecular formula is C12H20ClN3O. The Bertz CT molecular complexity index is 313. The molecule has 1 rings (SSSR count). The molecule has 0 aliphatic heterocycles. The van der Waals surface area contributed by atoms with Crippen molar-refractivity contribution in [3.05, 3.63) is 11.2 Å². The summed E-state index contributed by atoms with van der Waals surface area (Å²) >= 11 is 5.74. The minimum Gasteiger partial charge on any atom is -0.478 e. The number of ether oxygens (including phenoxy) is 1. The third kappa shape index (κ3) is 6.31. The SMILES string of the molecule is CCCCCCCCOc1cc(Cl)nc(N)n1. The van der Waals surface area contributed by atoms with E-state index in [4.69, 9.17) is 22.1 Å². The van der Waals surface area contributed by atoms with Crippen LogP contribution in [-0.4, -0.2) is 16.6 Å².